The van der Waals surface area contributed by atoms with E-state index >= 15 is 0 Å². The lowest BCUT2D eigenvalue weighted by atomic mass is 10.1. The van der Waals surface area contributed by atoms with Crippen LogP contribution in [0, 0.1) is 11.8 Å². The van der Waals surface area contributed by atoms with E-state index in [2.05, 4.69) is 35.7 Å². The Kier molecular flexibility index (Phi) is 4.71. The van der Waals surface area contributed by atoms with E-state index in [1.165, 1.54) is 12.0 Å². The molecule has 2 aliphatic rings. The lowest BCUT2D eigenvalue weighted by Gasteiger charge is -2.08. The van der Waals surface area contributed by atoms with Gasteiger partial charge in [0.1, 0.15) is 0 Å². The van der Waals surface area contributed by atoms with Gasteiger partial charge in [-0.1, -0.05) is 36.4 Å². The standard InChI is InChI=1S/C18H23NO2/c20-18(19-13-17-7-4-10-21-17)9-8-15-12-16(15)11-14-5-2-1-3-6-14/h1-3,5-6,8-9,15-17H,4,7,10-13H2,(H,19,20). The van der Waals surface area contributed by atoms with Crippen molar-refractivity contribution in [2.24, 2.45) is 11.8 Å². The van der Waals surface area contributed by atoms with Gasteiger partial charge in [0, 0.05) is 13.2 Å². The Morgan fingerprint density at radius 3 is 2.95 bits per heavy atom. The second-order valence-electron chi connectivity index (χ2n) is 6.09. The molecule has 1 aromatic carbocycles. The number of carbonyl (C=O) groups excluding carboxylic acids is 1. The van der Waals surface area contributed by atoms with Crippen LogP contribution in [0.2, 0.25) is 0 Å². The van der Waals surface area contributed by atoms with Crippen molar-refractivity contribution in [1.82, 2.24) is 5.32 Å². The van der Waals surface area contributed by atoms with Gasteiger partial charge in [-0.2, -0.15) is 0 Å². The summed E-state index contributed by atoms with van der Waals surface area (Å²) in [5.74, 6) is 1.28. The normalized spacial score (nSPS) is 27.9. The molecule has 1 saturated heterocycles. The highest BCUT2D eigenvalue weighted by Gasteiger charge is 2.34. The molecule has 0 bridgehead atoms. The molecule has 1 heterocycles. The van der Waals surface area contributed by atoms with Crippen LogP contribution < -0.4 is 5.32 Å². The minimum absolute atomic E-state index is 0.0101. The van der Waals surface area contributed by atoms with Crippen molar-refractivity contribution in [3.8, 4) is 0 Å². The lowest BCUT2D eigenvalue weighted by molar-refractivity contribution is -0.117. The van der Waals surface area contributed by atoms with Gasteiger partial charge >= 0.3 is 0 Å². The third-order valence-electron chi connectivity index (χ3n) is 4.34. The first-order valence-corrected chi connectivity index (χ1v) is 7.93. The smallest absolute Gasteiger partial charge is 0.243 e. The quantitative estimate of drug-likeness (QED) is 0.816. The summed E-state index contributed by atoms with van der Waals surface area (Å²) in [7, 11) is 0. The van der Waals surface area contributed by atoms with Gasteiger partial charge in [-0.25, -0.2) is 0 Å². The SMILES string of the molecule is O=C(C=CC1CC1Cc1ccccc1)NCC1CCCO1. The van der Waals surface area contributed by atoms with Crippen molar-refractivity contribution in [1.29, 1.82) is 0 Å². The number of amides is 1. The summed E-state index contributed by atoms with van der Waals surface area (Å²) in [6.45, 7) is 1.47. The molecule has 1 aromatic rings. The van der Waals surface area contributed by atoms with Gasteiger partial charge in [-0.3, -0.25) is 4.79 Å². The monoisotopic (exact) mass is 285 g/mol. The molecule has 0 radical (unpaired) electrons. The third-order valence-corrected chi connectivity index (χ3v) is 4.34. The van der Waals surface area contributed by atoms with Gasteiger partial charge in [-0.15, -0.1) is 0 Å². The lowest BCUT2D eigenvalue weighted by Crippen LogP contribution is -2.30. The molecule has 1 N–H and O–H groups in total. The first-order valence-electron chi connectivity index (χ1n) is 7.93. The van der Waals surface area contributed by atoms with Crippen LogP contribution in [-0.4, -0.2) is 25.2 Å². The summed E-state index contributed by atoms with van der Waals surface area (Å²) in [4.78, 5) is 11.7. The highest BCUT2D eigenvalue weighted by Crippen LogP contribution is 2.42. The van der Waals surface area contributed by atoms with E-state index in [1.54, 1.807) is 6.08 Å². The average molecular weight is 285 g/mol. The molecule has 1 aliphatic heterocycles. The second kappa shape index (κ2) is 6.90. The molecule has 0 aromatic heterocycles. The van der Waals surface area contributed by atoms with Crippen molar-refractivity contribution in [3.05, 3.63) is 48.0 Å². The first kappa shape index (κ1) is 14.3. The van der Waals surface area contributed by atoms with Crippen molar-refractivity contribution in [3.63, 3.8) is 0 Å². The molecule has 112 valence electrons. The van der Waals surface area contributed by atoms with Crippen LogP contribution >= 0.6 is 0 Å². The Hall–Kier alpha value is -1.61. The molecule has 0 spiro atoms. The fourth-order valence-electron chi connectivity index (χ4n) is 2.95. The molecule has 1 saturated carbocycles. The van der Waals surface area contributed by atoms with Crippen LogP contribution in [-0.2, 0) is 16.0 Å². The topological polar surface area (TPSA) is 38.3 Å². The highest BCUT2D eigenvalue weighted by atomic mass is 16.5. The fourth-order valence-corrected chi connectivity index (χ4v) is 2.95. The molecule has 2 fully saturated rings. The predicted octanol–water partition coefficient (Wildman–Crippen LogP) is 2.72. The second-order valence-corrected chi connectivity index (χ2v) is 6.09. The number of benzene rings is 1. The van der Waals surface area contributed by atoms with Gasteiger partial charge in [0.25, 0.3) is 0 Å². The summed E-state index contributed by atoms with van der Waals surface area (Å²) < 4.78 is 5.49. The third kappa shape index (κ3) is 4.43. The molecular formula is C18H23NO2. The molecule has 3 heteroatoms. The van der Waals surface area contributed by atoms with Gasteiger partial charge < -0.3 is 10.1 Å². The number of nitrogens with one attached hydrogen (secondary N) is 1. The van der Waals surface area contributed by atoms with E-state index < -0.39 is 0 Å². The maximum atomic E-state index is 11.7. The van der Waals surface area contributed by atoms with E-state index in [1.807, 2.05) is 6.07 Å². The zero-order valence-corrected chi connectivity index (χ0v) is 12.3. The summed E-state index contributed by atoms with van der Waals surface area (Å²) in [5.41, 5.74) is 1.39. The Labute approximate surface area is 126 Å². The van der Waals surface area contributed by atoms with E-state index in [0.29, 0.717) is 18.4 Å². The number of hydrogen-bond acceptors (Lipinski definition) is 2. The molecule has 3 unspecified atom stereocenters. The Balaban J connectivity index is 1.36. The van der Waals surface area contributed by atoms with Crippen molar-refractivity contribution >= 4 is 5.91 Å². The number of hydrogen-bond donors (Lipinski definition) is 1. The molecule has 3 rings (SSSR count). The Bertz CT molecular complexity index is 491. The minimum atomic E-state index is 0.0101. The van der Waals surface area contributed by atoms with Crippen molar-refractivity contribution in [2.45, 2.75) is 31.8 Å². The van der Waals surface area contributed by atoms with E-state index in [4.69, 9.17) is 4.74 Å². The van der Waals surface area contributed by atoms with Crippen molar-refractivity contribution < 1.29 is 9.53 Å². The fraction of sp³-hybridized carbons (Fsp3) is 0.500. The number of rotatable bonds is 6. The van der Waals surface area contributed by atoms with Crippen molar-refractivity contribution in [2.75, 3.05) is 13.2 Å². The molecule has 1 aliphatic carbocycles. The summed E-state index contributed by atoms with van der Waals surface area (Å²) in [6, 6.07) is 10.6. The predicted molar refractivity (Wildman–Crippen MR) is 82.9 cm³/mol. The van der Waals surface area contributed by atoms with Crippen LogP contribution in [0.4, 0.5) is 0 Å². The Morgan fingerprint density at radius 2 is 2.19 bits per heavy atom. The van der Waals surface area contributed by atoms with Gasteiger partial charge in [-0.05, 0) is 49.2 Å². The average Bonchev–Trinajstić information content (AvgIpc) is 3.02. The molecule has 21 heavy (non-hydrogen) atoms. The highest BCUT2D eigenvalue weighted by molar-refractivity contribution is 5.87. The van der Waals surface area contributed by atoms with Crippen LogP contribution in [0.5, 0.6) is 0 Å². The number of ether oxygens (including phenoxy) is 1. The van der Waals surface area contributed by atoms with Gasteiger partial charge in [0.05, 0.1) is 6.10 Å². The number of allylic oxidation sites excluding steroid dienone is 1. The molecular weight excluding hydrogens is 262 g/mol. The summed E-state index contributed by atoms with van der Waals surface area (Å²) >= 11 is 0. The summed E-state index contributed by atoms with van der Waals surface area (Å²) in [5, 5.41) is 2.92. The van der Waals surface area contributed by atoms with Gasteiger partial charge in [0.2, 0.25) is 5.91 Å². The first-order chi connectivity index (χ1) is 10.3. The molecule has 3 nitrogen and oxygen atoms in total. The zero-order valence-electron chi connectivity index (χ0n) is 12.3. The van der Waals surface area contributed by atoms with Gasteiger partial charge in [0.15, 0.2) is 0 Å². The van der Waals surface area contributed by atoms with E-state index in [-0.39, 0.29) is 12.0 Å². The van der Waals surface area contributed by atoms with Crippen LogP contribution in [0.15, 0.2) is 42.5 Å². The molecule has 3 atom stereocenters. The van der Waals surface area contributed by atoms with E-state index in [9.17, 15) is 4.79 Å². The minimum Gasteiger partial charge on any atom is -0.376 e. The van der Waals surface area contributed by atoms with E-state index in [0.717, 1.165) is 25.9 Å². The largest absolute Gasteiger partial charge is 0.376 e. The zero-order chi connectivity index (χ0) is 14.5. The maximum absolute atomic E-state index is 11.7. The maximum Gasteiger partial charge on any atom is 0.243 e. The molecule has 1 amide bonds. The number of carbonyl (C=O) groups is 1. The van der Waals surface area contributed by atoms with Crippen LogP contribution in [0.1, 0.15) is 24.8 Å². The Morgan fingerprint density at radius 1 is 1.33 bits per heavy atom. The van der Waals surface area contributed by atoms with Crippen LogP contribution in [0.3, 0.4) is 0 Å². The van der Waals surface area contributed by atoms with Crippen LogP contribution in [0.25, 0.3) is 0 Å². The summed E-state index contributed by atoms with van der Waals surface area (Å²) in [6.07, 6.45) is 8.47.